The molecule has 0 heterocycles. The third-order valence-corrected chi connectivity index (χ3v) is 5.74. The predicted octanol–water partition coefficient (Wildman–Crippen LogP) is 7.42. The first-order chi connectivity index (χ1) is 14.2. The molecule has 0 unspecified atom stereocenters. The summed E-state index contributed by atoms with van der Waals surface area (Å²) in [6.45, 7) is 6.48. The van der Waals surface area contributed by atoms with E-state index in [-0.39, 0.29) is 0 Å². The maximum atomic E-state index is 9.01. The fourth-order valence-corrected chi connectivity index (χ4v) is 3.97. The van der Waals surface area contributed by atoms with E-state index in [1.165, 1.54) is 64.2 Å². The lowest BCUT2D eigenvalue weighted by atomic mass is 10.0. The molecule has 0 fully saturated rings. The number of hydrogen-bond donors (Lipinski definition) is 1. The molecule has 0 atom stereocenters. The molecule has 0 aliphatic carbocycles. The van der Waals surface area contributed by atoms with Crippen LogP contribution >= 0.6 is 0 Å². The molecule has 0 bridgehead atoms. The van der Waals surface area contributed by atoms with Gasteiger partial charge in [-0.1, -0.05) is 89.5 Å². The van der Waals surface area contributed by atoms with Gasteiger partial charge in [-0.05, 0) is 30.4 Å². The lowest BCUT2D eigenvalue weighted by Crippen LogP contribution is -2.33. The minimum Gasteiger partial charge on any atom is -0.496 e. The van der Waals surface area contributed by atoms with Crippen LogP contribution < -0.4 is 4.74 Å². The fourth-order valence-electron chi connectivity index (χ4n) is 3.97. The first kappa shape index (κ1) is 23.3. The highest BCUT2D eigenvalue weighted by Gasteiger charge is 2.16. The van der Waals surface area contributed by atoms with Gasteiger partial charge in [0, 0.05) is 24.0 Å². The van der Waals surface area contributed by atoms with Gasteiger partial charge in [-0.2, -0.15) is 0 Å². The summed E-state index contributed by atoms with van der Waals surface area (Å²) in [4.78, 5) is 2.31. The van der Waals surface area contributed by atoms with Crippen LogP contribution in [0, 0.1) is 5.41 Å². The molecule has 0 saturated heterocycles. The second kappa shape index (κ2) is 13.2. The second-order valence-corrected chi connectivity index (χ2v) is 8.03. The highest BCUT2D eigenvalue weighted by molar-refractivity contribution is 6.09. The fraction of sp³-hybridized carbons (Fsp3) is 0.577. The number of rotatable bonds is 14. The van der Waals surface area contributed by atoms with E-state index in [4.69, 9.17) is 10.1 Å². The number of benzene rings is 2. The third kappa shape index (κ3) is 7.06. The van der Waals surface area contributed by atoms with Gasteiger partial charge >= 0.3 is 0 Å². The summed E-state index contributed by atoms with van der Waals surface area (Å²) < 4.78 is 5.54. The van der Waals surface area contributed by atoms with Gasteiger partial charge in [0.15, 0.2) is 0 Å². The van der Waals surface area contributed by atoms with Crippen LogP contribution in [0.5, 0.6) is 5.75 Å². The third-order valence-electron chi connectivity index (χ3n) is 5.74. The van der Waals surface area contributed by atoms with Crippen molar-refractivity contribution in [2.75, 3.05) is 20.2 Å². The monoisotopic (exact) mass is 396 g/mol. The molecule has 29 heavy (non-hydrogen) atoms. The lowest BCUT2D eigenvalue weighted by Gasteiger charge is -2.26. The van der Waals surface area contributed by atoms with E-state index in [2.05, 4.69) is 43.0 Å². The van der Waals surface area contributed by atoms with Crippen molar-refractivity contribution in [3.63, 3.8) is 0 Å². The van der Waals surface area contributed by atoms with Gasteiger partial charge in [0.2, 0.25) is 0 Å². The van der Waals surface area contributed by atoms with Gasteiger partial charge in [-0.15, -0.1) is 0 Å². The summed E-state index contributed by atoms with van der Waals surface area (Å²) in [6, 6.07) is 12.4. The van der Waals surface area contributed by atoms with E-state index >= 15 is 0 Å². The van der Waals surface area contributed by atoms with Gasteiger partial charge < -0.3 is 9.64 Å². The molecule has 2 aromatic carbocycles. The maximum Gasteiger partial charge on any atom is 0.128 e. The molecule has 0 spiro atoms. The minimum absolute atomic E-state index is 0.662. The summed E-state index contributed by atoms with van der Waals surface area (Å²) in [5.74, 6) is 1.54. The Morgan fingerprint density at radius 1 is 0.759 bits per heavy atom. The number of fused-ring (bicyclic) bond motifs is 1. The van der Waals surface area contributed by atoms with Crippen molar-refractivity contribution in [2.45, 2.75) is 78.1 Å². The quantitative estimate of drug-likeness (QED) is 0.205. The Labute approximate surface area is 178 Å². The highest BCUT2D eigenvalue weighted by Crippen LogP contribution is 2.29. The number of hydrogen-bond acceptors (Lipinski definition) is 2. The van der Waals surface area contributed by atoms with Crippen molar-refractivity contribution in [3.8, 4) is 5.75 Å². The van der Waals surface area contributed by atoms with Crippen molar-refractivity contribution in [1.29, 1.82) is 5.41 Å². The molecule has 0 aliphatic rings. The zero-order chi connectivity index (χ0) is 20.9. The lowest BCUT2D eigenvalue weighted by molar-refractivity contribution is 0.384. The first-order valence-corrected chi connectivity index (χ1v) is 11.6. The van der Waals surface area contributed by atoms with Crippen LogP contribution in [0.4, 0.5) is 0 Å². The van der Waals surface area contributed by atoms with E-state index in [1.807, 2.05) is 12.1 Å². The van der Waals surface area contributed by atoms with Crippen molar-refractivity contribution in [1.82, 2.24) is 4.90 Å². The van der Waals surface area contributed by atoms with Crippen LogP contribution in [0.15, 0.2) is 36.4 Å². The van der Waals surface area contributed by atoms with Gasteiger partial charge in [-0.3, -0.25) is 5.41 Å². The summed E-state index contributed by atoms with van der Waals surface area (Å²) >= 11 is 0. The molecule has 0 aliphatic heterocycles. The predicted molar refractivity (Wildman–Crippen MR) is 126 cm³/mol. The molecule has 0 amide bonds. The number of ether oxygens (including phenoxy) is 1. The van der Waals surface area contributed by atoms with Gasteiger partial charge in [-0.25, -0.2) is 0 Å². The molecule has 2 rings (SSSR count). The van der Waals surface area contributed by atoms with E-state index in [1.54, 1.807) is 7.11 Å². The van der Waals surface area contributed by atoms with E-state index < -0.39 is 0 Å². The van der Waals surface area contributed by atoms with E-state index in [9.17, 15) is 0 Å². The highest BCUT2D eigenvalue weighted by atomic mass is 16.5. The van der Waals surface area contributed by atoms with Crippen LogP contribution in [0.3, 0.4) is 0 Å². The van der Waals surface area contributed by atoms with Crippen LogP contribution in [0.2, 0.25) is 0 Å². The Morgan fingerprint density at radius 3 is 1.86 bits per heavy atom. The van der Waals surface area contributed by atoms with E-state index in [0.717, 1.165) is 35.2 Å². The summed E-state index contributed by atoms with van der Waals surface area (Å²) in [7, 11) is 1.71. The smallest absolute Gasteiger partial charge is 0.128 e. The normalized spacial score (nSPS) is 11.0. The summed E-state index contributed by atoms with van der Waals surface area (Å²) in [5, 5.41) is 11.2. The molecule has 2 aromatic rings. The largest absolute Gasteiger partial charge is 0.496 e. The zero-order valence-electron chi connectivity index (χ0n) is 18.8. The molecule has 3 nitrogen and oxygen atoms in total. The number of nitrogens with zero attached hydrogens (tertiary/aromatic N) is 1. The van der Waals surface area contributed by atoms with Gasteiger partial charge in [0.1, 0.15) is 11.6 Å². The van der Waals surface area contributed by atoms with Crippen LogP contribution in [-0.2, 0) is 0 Å². The summed E-state index contributed by atoms with van der Waals surface area (Å²) in [6.07, 6.45) is 12.7. The zero-order valence-corrected chi connectivity index (χ0v) is 18.8. The average molecular weight is 397 g/mol. The number of methoxy groups -OCH3 is 1. The SMILES string of the molecule is CCCCCCCN(CCCCCCC)C(=N)c1ccc(OC)c2ccccc12. The Kier molecular flexibility index (Phi) is 10.6. The Hall–Kier alpha value is -2.03. The average Bonchev–Trinajstić information content (AvgIpc) is 2.76. The summed E-state index contributed by atoms with van der Waals surface area (Å²) in [5.41, 5.74) is 1.02. The molecule has 0 aromatic heterocycles. The maximum absolute atomic E-state index is 9.01. The number of nitrogens with one attached hydrogen (secondary N) is 1. The topological polar surface area (TPSA) is 36.3 Å². The first-order valence-electron chi connectivity index (χ1n) is 11.6. The van der Waals surface area contributed by atoms with E-state index in [0.29, 0.717) is 5.84 Å². The van der Waals surface area contributed by atoms with Crippen molar-refractivity contribution >= 4 is 16.6 Å². The Balaban J connectivity index is 2.13. The molecule has 160 valence electrons. The van der Waals surface area contributed by atoms with Crippen molar-refractivity contribution in [3.05, 3.63) is 42.0 Å². The molecular formula is C26H40N2O. The molecule has 1 N–H and O–H groups in total. The van der Waals surface area contributed by atoms with Crippen molar-refractivity contribution < 1.29 is 4.74 Å². The number of unbranched alkanes of at least 4 members (excludes halogenated alkanes) is 8. The number of amidine groups is 1. The molecule has 3 heteroatoms. The Bertz CT molecular complexity index is 727. The second-order valence-electron chi connectivity index (χ2n) is 8.03. The molecular weight excluding hydrogens is 356 g/mol. The van der Waals surface area contributed by atoms with Crippen LogP contribution in [-0.4, -0.2) is 30.9 Å². The molecule has 0 radical (unpaired) electrons. The Morgan fingerprint density at radius 2 is 1.31 bits per heavy atom. The van der Waals surface area contributed by atoms with Gasteiger partial charge in [0.25, 0.3) is 0 Å². The van der Waals surface area contributed by atoms with Crippen LogP contribution in [0.25, 0.3) is 10.8 Å². The molecule has 0 saturated carbocycles. The van der Waals surface area contributed by atoms with Gasteiger partial charge in [0.05, 0.1) is 7.11 Å². The van der Waals surface area contributed by atoms with Crippen molar-refractivity contribution in [2.24, 2.45) is 0 Å². The minimum atomic E-state index is 0.662. The van der Waals surface area contributed by atoms with Crippen LogP contribution in [0.1, 0.15) is 83.6 Å². The standard InChI is InChI=1S/C26H40N2O/c1-4-6-8-10-14-20-28(21-15-11-9-7-5-2)26(27)24-18-19-25(29-3)23-17-13-12-16-22(23)24/h12-13,16-19,27H,4-11,14-15,20-21H2,1-3H3.